The molecule has 35 heavy (non-hydrogen) atoms. The minimum Gasteiger partial charge on any atom is -0.376 e. The molecule has 1 saturated heterocycles. The van der Waals surface area contributed by atoms with Crippen LogP contribution in [0, 0.1) is 5.92 Å². The van der Waals surface area contributed by atoms with Crippen molar-refractivity contribution < 1.29 is 14.3 Å². The third-order valence-corrected chi connectivity index (χ3v) is 6.26. The molecule has 2 aromatic carbocycles. The number of carbonyl (C=O) groups is 2. The van der Waals surface area contributed by atoms with Crippen molar-refractivity contribution in [1.29, 1.82) is 0 Å². The number of halogens is 2. The summed E-state index contributed by atoms with van der Waals surface area (Å²) in [6.07, 6.45) is 3.63. The van der Waals surface area contributed by atoms with Gasteiger partial charge in [0.05, 0.1) is 11.8 Å². The Morgan fingerprint density at radius 1 is 1.17 bits per heavy atom. The van der Waals surface area contributed by atoms with Gasteiger partial charge in [-0.15, -0.1) is 0 Å². The van der Waals surface area contributed by atoms with E-state index in [4.69, 9.17) is 27.9 Å². The van der Waals surface area contributed by atoms with Gasteiger partial charge in [0.1, 0.15) is 6.54 Å². The summed E-state index contributed by atoms with van der Waals surface area (Å²) in [6.45, 7) is 4.64. The van der Waals surface area contributed by atoms with E-state index in [-0.39, 0.29) is 30.4 Å². The van der Waals surface area contributed by atoms with E-state index in [0.29, 0.717) is 34.8 Å². The van der Waals surface area contributed by atoms with Crippen molar-refractivity contribution in [2.75, 3.05) is 25.0 Å². The highest BCUT2D eigenvalue weighted by Gasteiger charge is 2.26. The number of benzene rings is 2. The second-order valence-corrected chi connectivity index (χ2v) is 9.74. The van der Waals surface area contributed by atoms with Gasteiger partial charge in [0.2, 0.25) is 17.8 Å². The van der Waals surface area contributed by atoms with Crippen LogP contribution in [-0.2, 0) is 14.3 Å². The molecular weight excluding hydrogens is 487 g/mol. The average molecular weight is 515 g/mol. The van der Waals surface area contributed by atoms with Crippen LogP contribution >= 0.6 is 23.2 Å². The highest BCUT2D eigenvalue weighted by molar-refractivity contribution is 6.31. The van der Waals surface area contributed by atoms with Crippen LogP contribution in [0.3, 0.4) is 0 Å². The molecule has 0 bridgehead atoms. The van der Waals surface area contributed by atoms with Crippen LogP contribution < -0.4 is 5.32 Å². The van der Waals surface area contributed by atoms with Crippen LogP contribution in [0.15, 0.2) is 54.7 Å². The number of imidazole rings is 1. The Bertz CT molecular complexity index is 1190. The van der Waals surface area contributed by atoms with E-state index < -0.39 is 0 Å². The van der Waals surface area contributed by atoms with Crippen molar-refractivity contribution >= 4 is 41.0 Å². The molecular formula is C26H28Cl2N4O3. The molecule has 0 saturated carbocycles. The minimum absolute atomic E-state index is 0.0459. The van der Waals surface area contributed by atoms with Crippen molar-refractivity contribution in [3.8, 4) is 16.9 Å². The van der Waals surface area contributed by atoms with Crippen molar-refractivity contribution in [3.05, 3.63) is 64.8 Å². The van der Waals surface area contributed by atoms with Crippen LogP contribution in [0.1, 0.15) is 26.7 Å². The standard InChI is InChI=1S/C26H28Cl2N4O3/c1-17(2)25(34)31(14-22-7-4-12-35-22)16-24(33)30-26-29-23(18-8-10-19(27)11-9-18)15-32(26)21-6-3-5-20(28)13-21/h3,5-6,8-11,13,15,17,22H,4,7,12,14,16H2,1-2H3,(H,29,30,33)/t22-/m0/s1. The summed E-state index contributed by atoms with van der Waals surface area (Å²) in [5, 5.41) is 4.07. The van der Waals surface area contributed by atoms with Crippen LogP contribution in [0.5, 0.6) is 0 Å². The molecule has 0 aliphatic carbocycles. The van der Waals surface area contributed by atoms with Crippen LogP contribution in [0.25, 0.3) is 16.9 Å². The predicted molar refractivity (Wildman–Crippen MR) is 138 cm³/mol. The van der Waals surface area contributed by atoms with Gasteiger partial charge in [-0.3, -0.25) is 19.5 Å². The molecule has 1 N–H and O–H groups in total. The molecule has 1 fully saturated rings. The first-order valence-electron chi connectivity index (χ1n) is 11.6. The Labute approximate surface area is 215 Å². The number of hydrogen-bond donors (Lipinski definition) is 1. The fourth-order valence-corrected chi connectivity index (χ4v) is 4.33. The Morgan fingerprint density at radius 3 is 2.60 bits per heavy atom. The lowest BCUT2D eigenvalue weighted by atomic mass is 10.1. The lowest BCUT2D eigenvalue weighted by molar-refractivity contribution is -0.139. The number of aromatic nitrogens is 2. The molecule has 1 aromatic heterocycles. The van der Waals surface area contributed by atoms with Crippen molar-refractivity contribution in [2.45, 2.75) is 32.8 Å². The Hall–Kier alpha value is -2.87. The molecule has 0 radical (unpaired) electrons. The van der Waals surface area contributed by atoms with Gasteiger partial charge < -0.3 is 9.64 Å². The van der Waals surface area contributed by atoms with E-state index >= 15 is 0 Å². The maximum absolute atomic E-state index is 13.1. The van der Waals surface area contributed by atoms with Crippen LogP contribution in [0.4, 0.5) is 5.95 Å². The van der Waals surface area contributed by atoms with Crippen LogP contribution in [0.2, 0.25) is 10.0 Å². The number of hydrogen-bond acceptors (Lipinski definition) is 4. The third kappa shape index (κ3) is 6.42. The van der Waals surface area contributed by atoms with Crippen LogP contribution in [-0.4, -0.2) is 52.1 Å². The number of nitrogens with one attached hydrogen (secondary N) is 1. The molecule has 9 heteroatoms. The quantitative estimate of drug-likeness (QED) is 0.433. The fourth-order valence-electron chi connectivity index (χ4n) is 4.02. The Kier molecular flexibility index (Phi) is 8.11. The van der Waals surface area contributed by atoms with Gasteiger partial charge in [-0.05, 0) is 43.2 Å². The first-order chi connectivity index (χ1) is 16.8. The topological polar surface area (TPSA) is 76.5 Å². The van der Waals surface area contributed by atoms with E-state index in [1.54, 1.807) is 33.7 Å². The summed E-state index contributed by atoms with van der Waals surface area (Å²) in [5.41, 5.74) is 2.25. The minimum atomic E-state index is -0.339. The molecule has 1 atom stereocenters. The average Bonchev–Trinajstić information content (AvgIpc) is 3.48. The largest absolute Gasteiger partial charge is 0.376 e. The highest BCUT2D eigenvalue weighted by atomic mass is 35.5. The highest BCUT2D eigenvalue weighted by Crippen LogP contribution is 2.27. The van der Waals surface area contributed by atoms with E-state index in [9.17, 15) is 9.59 Å². The zero-order valence-electron chi connectivity index (χ0n) is 19.7. The lowest BCUT2D eigenvalue weighted by Crippen LogP contribution is -2.44. The monoisotopic (exact) mass is 514 g/mol. The van der Waals surface area contributed by atoms with Gasteiger partial charge in [0.25, 0.3) is 0 Å². The molecule has 0 spiro atoms. The zero-order chi connectivity index (χ0) is 24.9. The molecule has 3 aromatic rings. The molecule has 7 nitrogen and oxygen atoms in total. The third-order valence-electron chi connectivity index (χ3n) is 5.77. The van der Waals surface area contributed by atoms with Gasteiger partial charge in [0, 0.05) is 46.6 Å². The van der Waals surface area contributed by atoms with E-state index in [2.05, 4.69) is 10.3 Å². The first kappa shape index (κ1) is 25.2. The molecule has 1 aliphatic heterocycles. The molecule has 4 rings (SSSR count). The van der Waals surface area contributed by atoms with Gasteiger partial charge in [-0.1, -0.05) is 55.2 Å². The molecule has 2 heterocycles. The van der Waals surface area contributed by atoms with Crippen molar-refractivity contribution in [3.63, 3.8) is 0 Å². The van der Waals surface area contributed by atoms with Gasteiger partial charge in [-0.2, -0.15) is 0 Å². The summed E-state index contributed by atoms with van der Waals surface area (Å²) in [7, 11) is 0. The number of nitrogens with zero attached hydrogens (tertiary/aromatic N) is 3. The fraction of sp³-hybridized carbons (Fsp3) is 0.346. The van der Waals surface area contributed by atoms with Gasteiger partial charge in [0.15, 0.2) is 0 Å². The van der Waals surface area contributed by atoms with E-state index in [1.165, 1.54) is 0 Å². The zero-order valence-corrected chi connectivity index (χ0v) is 21.2. The molecule has 184 valence electrons. The smallest absolute Gasteiger partial charge is 0.246 e. The first-order valence-corrected chi connectivity index (χ1v) is 12.4. The van der Waals surface area contributed by atoms with E-state index in [1.807, 2.05) is 44.3 Å². The van der Waals surface area contributed by atoms with Crippen molar-refractivity contribution in [1.82, 2.24) is 14.5 Å². The molecule has 0 unspecified atom stereocenters. The number of carbonyl (C=O) groups excluding carboxylic acids is 2. The number of rotatable bonds is 8. The Morgan fingerprint density at radius 2 is 1.94 bits per heavy atom. The number of ether oxygens (including phenoxy) is 1. The SMILES string of the molecule is CC(C)C(=O)N(CC(=O)Nc1nc(-c2ccc(Cl)cc2)cn1-c1cccc(Cl)c1)C[C@@H]1CCCO1. The Balaban J connectivity index is 1.60. The van der Waals surface area contributed by atoms with Gasteiger partial charge >= 0.3 is 0 Å². The lowest BCUT2D eigenvalue weighted by Gasteiger charge is -2.26. The molecule has 2 amide bonds. The maximum Gasteiger partial charge on any atom is 0.246 e. The second kappa shape index (κ2) is 11.2. The van der Waals surface area contributed by atoms with E-state index in [0.717, 1.165) is 24.1 Å². The van der Waals surface area contributed by atoms with Crippen molar-refractivity contribution in [2.24, 2.45) is 5.92 Å². The second-order valence-electron chi connectivity index (χ2n) is 8.86. The normalized spacial score (nSPS) is 15.4. The number of amides is 2. The predicted octanol–water partition coefficient (Wildman–Crippen LogP) is 5.45. The summed E-state index contributed by atoms with van der Waals surface area (Å²) in [6, 6.07) is 14.6. The summed E-state index contributed by atoms with van der Waals surface area (Å²) in [4.78, 5) is 32.2. The number of anilines is 1. The van der Waals surface area contributed by atoms with Gasteiger partial charge in [-0.25, -0.2) is 4.98 Å². The summed E-state index contributed by atoms with van der Waals surface area (Å²) >= 11 is 12.3. The maximum atomic E-state index is 13.1. The summed E-state index contributed by atoms with van der Waals surface area (Å²) < 4.78 is 7.46. The summed E-state index contributed by atoms with van der Waals surface area (Å²) in [5.74, 6) is -0.324. The molecule has 1 aliphatic rings.